The molecule has 2 heterocycles. The van der Waals surface area contributed by atoms with Crippen molar-refractivity contribution >= 4 is 11.6 Å². The average molecular weight is 323 g/mol. The highest BCUT2D eigenvalue weighted by Crippen LogP contribution is 2.28. The van der Waals surface area contributed by atoms with Crippen LogP contribution in [0.1, 0.15) is 23.2 Å². The highest BCUT2D eigenvalue weighted by molar-refractivity contribution is 5.44. The van der Waals surface area contributed by atoms with Crippen molar-refractivity contribution < 1.29 is 4.74 Å². The van der Waals surface area contributed by atoms with E-state index in [1.807, 2.05) is 6.07 Å². The Morgan fingerprint density at radius 2 is 2.04 bits per heavy atom. The molecule has 0 spiro atoms. The highest BCUT2D eigenvalue weighted by atomic mass is 16.5. The van der Waals surface area contributed by atoms with Gasteiger partial charge >= 0.3 is 0 Å². The molecule has 0 bridgehead atoms. The van der Waals surface area contributed by atoms with Crippen LogP contribution in [0, 0.1) is 5.92 Å². The molecule has 0 atom stereocenters. The normalized spacial score (nSPS) is 14.2. The second kappa shape index (κ2) is 6.57. The highest BCUT2D eigenvalue weighted by Gasteiger charge is 2.20. The van der Waals surface area contributed by atoms with Crippen molar-refractivity contribution in [2.75, 3.05) is 19.0 Å². The van der Waals surface area contributed by atoms with Gasteiger partial charge in [-0.1, -0.05) is 24.3 Å². The topological polar surface area (TPSA) is 64.3 Å². The molecule has 6 heteroatoms. The summed E-state index contributed by atoms with van der Waals surface area (Å²) in [6.45, 7) is 1.38. The van der Waals surface area contributed by atoms with Crippen LogP contribution < -0.4 is 5.32 Å². The molecule has 2 aromatic heterocycles. The number of hydrogen-bond donors (Lipinski definition) is 1. The predicted molar refractivity (Wildman–Crippen MR) is 91.9 cm³/mol. The Kier molecular flexibility index (Phi) is 4.13. The first-order valence-electron chi connectivity index (χ1n) is 8.33. The third-order valence-corrected chi connectivity index (χ3v) is 4.59. The van der Waals surface area contributed by atoms with Crippen LogP contribution >= 0.6 is 0 Å². The van der Waals surface area contributed by atoms with Crippen molar-refractivity contribution in [2.45, 2.75) is 25.9 Å². The number of rotatable bonds is 6. The maximum atomic E-state index is 5.18. The number of aromatic nitrogens is 4. The van der Waals surface area contributed by atoms with E-state index in [1.54, 1.807) is 11.6 Å². The molecule has 0 saturated heterocycles. The molecule has 1 aliphatic carbocycles. The molecule has 1 aliphatic rings. The van der Waals surface area contributed by atoms with Gasteiger partial charge in [-0.25, -0.2) is 4.98 Å². The zero-order valence-electron chi connectivity index (χ0n) is 13.8. The standard InChI is InChI=1S/C18H21N5O/c1-24-11-16-10-17(23-18(22-16)20-12-21-23)19-7-6-13-8-14-4-2-3-5-15(14)9-13/h2-5,10,12-13,19H,6-9,11H2,1H3. The lowest BCUT2D eigenvalue weighted by atomic mass is 10.0. The van der Waals surface area contributed by atoms with Crippen molar-refractivity contribution in [1.29, 1.82) is 0 Å². The monoisotopic (exact) mass is 323 g/mol. The van der Waals surface area contributed by atoms with Crippen molar-refractivity contribution in [1.82, 2.24) is 19.6 Å². The summed E-state index contributed by atoms with van der Waals surface area (Å²) < 4.78 is 6.92. The van der Waals surface area contributed by atoms with Crippen LogP contribution in [-0.2, 0) is 24.2 Å². The molecule has 3 aromatic rings. The quantitative estimate of drug-likeness (QED) is 0.755. The summed E-state index contributed by atoms with van der Waals surface area (Å²) >= 11 is 0. The molecule has 6 nitrogen and oxygen atoms in total. The van der Waals surface area contributed by atoms with Crippen molar-refractivity contribution in [3.05, 3.63) is 53.5 Å². The SMILES string of the molecule is COCc1cc(NCCC2Cc3ccccc3C2)n2ncnc2n1. The van der Waals surface area contributed by atoms with Gasteiger partial charge in [0, 0.05) is 19.7 Å². The van der Waals surface area contributed by atoms with Crippen LogP contribution in [0.3, 0.4) is 0 Å². The Balaban J connectivity index is 1.41. The van der Waals surface area contributed by atoms with Gasteiger partial charge in [0.1, 0.15) is 12.1 Å². The number of nitrogens with one attached hydrogen (secondary N) is 1. The molecule has 0 radical (unpaired) electrons. The van der Waals surface area contributed by atoms with E-state index in [-0.39, 0.29) is 0 Å². The Morgan fingerprint density at radius 3 is 2.79 bits per heavy atom. The Labute approximate surface area is 140 Å². The van der Waals surface area contributed by atoms with E-state index in [2.05, 4.69) is 44.6 Å². The molecule has 0 aliphatic heterocycles. The molecule has 0 saturated carbocycles. The van der Waals surface area contributed by atoms with Gasteiger partial charge < -0.3 is 10.1 Å². The minimum absolute atomic E-state index is 0.468. The molecule has 124 valence electrons. The van der Waals surface area contributed by atoms with Crippen LogP contribution in [0.15, 0.2) is 36.7 Å². The van der Waals surface area contributed by atoms with E-state index < -0.39 is 0 Å². The van der Waals surface area contributed by atoms with Gasteiger partial charge in [-0.3, -0.25) is 0 Å². The molecule has 0 fully saturated rings. The van der Waals surface area contributed by atoms with Gasteiger partial charge in [-0.2, -0.15) is 14.6 Å². The third kappa shape index (κ3) is 2.97. The lowest BCUT2D eigenvalue weighted by Crippen LogP contribution is -2.13. The molecule has 0 amide bonds. The van der Waals surface area contributed by atoms with E-state index in [0.717, 1.165) is 24.5 Å². The fourth-order valence-corrected chi connectivity index (χ4v) is 3.47. The Bertz CT molecular complexity index is 819. The lowest BCUT2D eigenvalue weighted by molar-refractivity contribution is 0.181. The first kappa shape index (κ1) is 15.1. The first-order valence-corrected chi connectivity index (χ1v) is 8.33. The summed E-state index contributed by atoms with van der Waals surface area (Å²) in [5.74, 6) is 2.22. The molecule has 1 N–H and O–H groups in total. The summed E-state index contributed by atoms with van der Waals surface area (Å²) in [4.78, 5) is 8.60. The van der Waals surface area contributed by atoms with E-state index >= 15 is 0 Å². The van der Waals surface area contributed by atoms with Crippen LogP contribution in [0.25, 0.3) is 5.78 Å². The number of hydrogen-bond acceptors (Lipinski definition) is 5. The molecule has 0 unspecified atom stereocenters. The maximum Gasteiger partial charge on any atom is 0.254 e. The summed E-state index contributed by atoms with van der Waals surface area (Å²) in [6.07, 6.45) is 5.02. The van der Waals surface area contributed by atoms with E-state index in [9.17, 15) is 0 Å². The number of ether oxygens (including phenoxy) is 1. The largest absolute Gasteiger partial charge is 0.378 e. The average Bonchev–Trinajstić information content (AvgIpc) is 3.21. The van der Waals surface area contributed by atoms with Gasteiger partial charge in [-0.05, 0) is 36.3 Å². The Hall–Kier alpha value is -2.47. The molecule has 24 heavy (non-hydrogen) atoms. The van der Waals surface area contributed by atoms with E-state index in [4.69, 9.17) is 4.74 Å². The van der Waals surface area contributed by atoms with Crippen molar-refractivity contribution in [3.8, 4) is 0 Å². The zero-order valence-corrected chi connectivity index (χ0v) is 13.8. The number of nitrogens with zero attached hydrogens (tertiary/aromatic N) is 4. The Morgan fingerprint density at radius 1 is 1.25 bits per heavy atom. The minimum Gasteiger partial charge on any atom is -0.378 e. The third-order valence-electron chi connectivity index (χ3n) is 4.59. The fraction of sp³-hybridized carbons (Fsp3) is 0.389. The fourth-order valence-electron chi connectivity index (χ4n) is 3.47. The van der Waals surface area contributed by atoms with Gasteiger partial charge in [0.05, 0.1) is 12.3 Å². The lowest BCUT2D eigenvalue weighted by Gasteiger charge is -2.12. The number of methoxy groups -OCH3 is 1. The minimum atomic E-state index is 0.468. The van der Waals surface area contributed by atoms with Gasteiger partial charge in [-0.15, -0.1) is 0 Å². The van der Waals surface area contributed by atoms with E-state index in [1.165, 1.54) is 30.3 Å². The van der Waals surface area contributed by atoms with Gasteiger partial charge in [0.25, 0.3) is 5.78 Å². The summed E-state index contributed by atoms with van der Waals surface area (Å²) in [5, 5.41) is 7.73. The van der Waals surface area contributed by atoms with Gasteiger partial charge in [0.15, 0.2) is 0 Å². The molecular formula is C18H21N5O. The smallest absolute Gasteiger partial charge is 0.254 e. The second-order valence-corrected chi connectivity index (χ2v) is 6.30. The maximum absolute atomic E-state index is 5.18. The molecule has 1 aromatic carbocycles. The van der Waals surface area contributed by atoms with Crippen LogP contribution in [0.5, 0.6) is 0 Å². The number of benzene rings is 1. The summed E-state index contributed by atoms with van der Waals surface area (Å²) in [7, 11) is 1.67. The number of anilines is 1. The van der Waals surface area contributed by atoms with Crippen LogP contribution in [-0.4, -0.2) is 33.2 Å². The van der Waals surface area contributed by atoms with Gasteiger partial charge in [0.2, 0.25) is 0 Å². The number of fused-ring (bicyclic) bond motifs is 2. The predicted octanol–water partition coefficient (Wildman–Crippen LogP) is 2.49. The first-order chi connectivity index (χ1) is 11.8. The summed E-state index contributed by atoms with van der Waals surface area (Å²) in [6, 6.07) is 10.8. The molecular weight excluding hydrogens is 302 g/mol. The van der Waals surface area contributed by atoms with E-state index in [0.29, 0.717) is 18.3 Å². The van der Waals surface area contributed by atoms with Crippen molar-refractivity contribution in [3.63, 3.8) is 0 Å². The zero-order chi connectivity index (χ0) is 16.4. The van der Waals surface area contributed by atoms with Crippen molar-refractivity contribution in [2.24, 2.45) is 5.92 Å². The van der Waals surface area contributed by atoms with Crippen LogP contribution in [0.4, 0.5) is 5.82 Å². The van der Waals surface area contributed by atoms with Crippen LogP contribution in [0.2, 0.25) is 0 Å². The second-order valence-electron chi connectivity index (χ2n) is 6.30. The molecule has 4 rings (SSSR count). The summed E-state index contributed by atoms with van der Waals surface area (Å²) in [5.41, 5.74) is 3.87.